The molecule has 0 spiro atoms. The Hall–Kier alpha value is -2.57. The molecule has 2 aromatic carbocycles. The minimum atomic E-state index is -0.498. The van der Waals surface area contributed by atoms with Crippen LogP contribution in [0.2, 0.25) is 0 Å². The maximum Gasteiger partial charge on any atom is 0.261 e. The number of aliphatic hydroxyl groups excluding tert-OH is 1. The number of nitrogens with zero attached hydrogens (tertiary/aromatic N) is 3. The van der Waals surface area contributed by atoms with Gasteiger partial charge in [0.15, 0.2) is 0 Å². The molecule has 4 aromatic rings. The van der Waals surface area contributed by atoms with Gasteiger partial charge in [-0.1, -0.05) is 40.9 Å². The van der Waals surface area contributed by atoms with E-state index in [0.717, 1.165) is 52.1 Å². The topological polar surface area (TPSA) is 68.0 Å². The SMILES string of the molecule is O=c1c2cc(Cc3ccc(Br)cc3)c3cnccc3c2ncn1[C@H]1CCCC[C@@H]1O. The fourth-order valence-electron chi connectivity index (χ4n) is 4.56. The highest BCUT2D eigenvalue weighted by atomic mass is 79.9. The molecule has 1 aliphatic rings. The lowest BCUT2D eigenvalue weighted by molar-refractivity contribution is 0.0735. The average molecular weight is 464 g/mol. The number of rotatable bonds is 3. The van der Waals surface area contributed by atoms with Gasteiger partial charge in [-0.3, -0.25) is 14.3 Å². The van der Waals surface area contributed by atoms with Gasteiger partial charge in [-0.15, -0.1) is 0 Å². The van der Waals surface area contributed by atoms with Gasteiger partial charge < -0.3 is 5.11 Å². The Bertz CT molecular complexity index is 1280. The van der Waals surface area contributed by atoms with Crippen molar-refractivity contribution >= 4 is 37.6 Å². The molecule has 6 heteroatoms. The van der Waals surface area contributed by atoms with Crippen LogP contribution in [-0.2, 0) is 6.42 Å². The fraction of sp³-hybridized carbons (Fsp3) is 0.292. The van der Waals surface area contributed by atoms with E-state index in [2.05, 4.69) is 38.0 Å². The van der Waals surface area contributed by atoms with Crippen LogP contribution >= 0.6 is 15.9 Å². The Kier molecular flexibility index (Phi) is 5.13. The fourth-order valence-corrected chi connectivity index (χ4v) is 4.82. The van der Waals surface area contributed by atoms with E-state index in [1.54, 1.807) is 17.1 Å². The molecule has 0 amide bonds. The zero-order chi connectivity index (χ0) is 20.7. The molecule has 1 fully saturated rings. The van der Waals surface area contributed by atoms with Gasteiger partial charge in [-0.05, 0) is 54.7 Å². The van der Waals surface area contributed by atoms with Crippen molar-refractivity contribution in [3.63, 3.8) is 0 Å². The first-order chi connectivity index (χ1) is 14.6. The largest absolute Gasteiger partial charge is 0.391 e. The summed E-state index contributed by atoms with van der Waals surface area (Å²) in [5.74, 6) is 0. The molecule has 1 saturated carbocycles. The molecule has 30 heavy (non-hydrogen) atoms. The summed E-state index contributed by atoms with van der Waals surface area (Å²) in [6, 6.07) is 11.9. The summed E-state index contributed by atoms with van der Waals surface area (Å²) in [7, 11) is 0. The van der Waals surface area contributed by atoms with Crippen LogP contribution in [0.15, 0.2) is 64.4 Å². The lowest BCUT2D eigenvalue weighted by atomic mass is 9.92. The summed E-state index contributed by atoms with van der Waals surface area (Å²) in [4.78, 5) is 22.4. The Morgan fingerprint density at radius 2 is 1.87 bits per heavy atom. The number of pyridine rings is 1. The number of aliphatic hydroxyl groups is 1. The van der Waals surface area contributed by atoms with Crippen molar-refractivity contribution in [2.75, 3.05) is 0 Å². The van der Waals surface area contributed by atoms with Gasteiger partial charge in [-0.25, -0.2) is 4.98 Å². The van der Waals surface area contributed by atoms with Gasteiger partial charge in [0.05, 0.1) is 29.4 Å². The Morgan fingerprint density at radius 3 is 2.67 bits per heavy atom. The lowest BCUT2D eigenvalue weighted by Crippen LogP contribution is -2.34. The molecule has 0 aliphatic heterocycles. The van der Waals surface area contributed by atoms with E-state index in [1.807, 2.05) is 30.5 Å². The van der Waals surface area contributed by atoms with Crippen molar-refractivity contribution in [1.29, 1.82) is 0 Å². The summed E-state index contributed by atoms with van der Waals surface area (Å²) in [6.45, 7) is 0. The molecule has 2 aromatic heterocycles. The number of aromatic nitrogens is 3. The number of hydrogen-bond acceptors (Lipinski definition) is 4. The van der Waals surface area contributed by atoms with E-state index in [9.17, 15) is 9.90 Å². The first-order valence-electron chi connectivity index (χ1n) is 10.3. The highest BCUT2D eigenvalue weighted by Gasteiger charge is 2.26. The third-order valence-electron chi connectivity index (χ3n) is 6.13. The number of hydrogen-bond donors (Lipinski definition) is 1. The quantitative estimate of drug-likeness (QED) is 0.444. The monoisotopic (exact) mass is 463 g/mol. The van der Waals surface area contributed by atoms with E-state index in [0.29, 0.717) is 17.3 Å². The molecule has 0 bridgehead atoms. The van der Waals surface area contributed by atoms with Gasteiger partial charge >= 0.3 is 0 Å². The molecule has 2 heterocycles. The molecule has 1 aliphatic carbocycles. The molecule has 5 rings (SSSR count). The average Bonchev–Trinajstić information content (AvgIpc) is 2.77. The second-order valence-electron chi connectivity index (χ2n) is 8.03. The third-order valence-corrected chi connectivity index (χ3v) is 6.66. The van der Waals surface area contributed by atoms with E-state index < -0.39 is 6.10 Å². The van der Waals surface area contributed by atoms with Crippen molar-refractivity contribution in [3.05, 3.63) is 81.1 Å². The normalized spacial score (nSPS) is 19.4. The smallest absolute Gasteiger partial charge is 0.261 e. The van der Waals surface area contributed by atoms with Crippen LogP contribution in [0.5, 0.6) is 0 Å². The van der Waals surface area contributed by atoms with Crippen molar-refractivity contribution < 1.29 is 5.11 Å². The molecule has 0 radical (unpaired) electrons. The van der Waals surface area contributed by atoms with Gasteiger partial charge in [0.1, 0.15) is 0 Å². The third kappa shape index (κ3) is 3.44. The second-order valence-corrected chi connectivity index (χ2v) is 8.95. The van der Waals surface area contributed by atoms with Crippen LogP contribution in [0.4, 0.5) is 0 Å². The summed E-state index contributed by atoms with van der Waals surface area (Å²) in [6.07, 6.45) is 8.95. The molecule has 2 atom stereocenters. The molecular weight excluding hydrogens is 442 g/mol. The predicted molar refractivity (Wildman–Crippen MR) is 122 cm³/mol. The van der Waals surface area contributed by atoms with Gasteiger partial charge in [-0.2, -0.15) is 0 Å². The summed E-state index contributed by atoms with van der Waals surface area (Å²) < 4.78 is 2.68. The lowest BCUT2D eigenvalue weighted by Gasteiger charge is -2.29. The Balaban J connectivity index is 1.70. The van der Waals surface area contributed by atoms with E-state index in [1.165, 1.54) is 0 Å². The molecule has 152 valence electrons. The second kappa shape index (κ2) is 7.93. The Morgan fingerprint density at radius 1 is 1.07 bits per heavy atom. The van der Waals surface area contributed by atoms with Gasteiger partial charge in [0.2, 0.25) is 0 Å². The minimum absolute atomic E-state index is 0.0817. The van der Waals surface area contributed by atoms with Crippen LogP contribution in [0.3, 0.4) is 0 Å². The maximum absolute atomic E-state index is 13.5. The van der Waals surface area contributed by atoms with E-state index in [-0.39, 0.29) is 11.6 Å². The summed E-state index contributed by atoms with van der Waals surface area (Å²) in [5, 5.41) is 13.0. The standard InChI is InChI=1S/C24H22BrN3O2/c25-17-7-5-15(6-8-17)11-16-12-19-23(18-9-10-26-13-20(16)18)27-14-28(24(19)30)21-3-1-2-4-22(21)29/h5-10,12-14,21-22,29H,1-4,11H2/t21-,22-/m0/s1. The molecule has 1 N–H and O–H groups in total. The summed E-state index contributed by atoms with van der Waals surface area (Å²) >= 11 is 3.48. The zero-order valence-corrected chi connectivity index (χ0v) is 18.0. The number of fused-ring (bicyclic) bond motifs is 3. The molecular formula is C24H22BrN3O2. The van der Waals surface area contributed by atoms with Crippen molar-refractivity contribution in [3.8, 4) is 0 Å². The van der Waals surface area contributed by atoms with Crippen LogP contribution in [0, 0.1) is 0 Å². The van der Waals surface area contributed by atoms with Crippen molar-refractivity contribution in [2.24, 2.45) is 0 Å². The van der Waals surface area contributed by atoms with Crippen LogP contribution < -0.4 is 5.56 Å². The highest BCUT2D eigenvalue weighted by molar-refractivity contribution is 9.10. The Labute approximate surface area is 182 Å². The predicted octanol–water partition coefficient (Wildman–Crippen LogP) is 4.77. The van der Waals surface area contributed by atoms with Crippen molar-refractivity contribution in [1.82, 2.24) is 14.5 Å². The summed E-state index contributed by atoms with van der Waals surface area (Å²) in [5.41, 5.74) is 2.82. The number of halogens is 1. The maximum atomic E-state index is 13.5. The molecule has 0 saturated heterocycles. The van der Waals surface area contributed by atoms with Gasteiger partial charge in [0.25, 0.3) is 5.56 Å². The first-order valence-corrected chi connectivity index (χ1v) is 11.1. The minimum Gasteiger partial charge on any atom is -0.391 e. The van der Waals surface area contributed by atoms with E-state index in [4.69, 9.17) is 0 Å². The highest BCUT2D eigenvalue weighted by Crippen LogP contribution is 2.30. The van der Waals surface area contributed by atoms with Crippen LogP contribution in [0.25, 0.3) is 21.7 Å². The van der Waals surface area contributed by atoms with Crippen LogP contribution in [-0.4, -0.2) is 25.7 Å². The van der Waals surface area contributed by atoms with Gasteiger partial charge in [0, 0.05) is 27.6 Å². The van der Waals surface area contributed by atoms with Crippen molar-refractivity contribution in [2.45, 2.75) is 44.2 Å². The first kappa shape index (κ1) is 19.4. The number of benzene rings is 2. The molecule has 0 unspecified atom stereocenters. The molecule has 5 nitrogen and oxygen atoms in total. The zero-order valence-electron chi connectivity index (χ0n) is 16.5. The van der Waals surface area contributed by atoms with Crippen LogP contribution in [0.1, 0.15) is 42.9 Å². The van der Waals surface area contributed by atoms with E-state index >= 15 is 0 Å².